The first-order valence-corrected chi connectivity index (χ1v) is 8.48. The molecular weight excluding hydrogens is 356 g/mol. The largest absolute Gasteiger partial charge is 0.481 e. The molecule has 27 heavy (non-hydrogen) atoms. The predicted molar refractivity (Wildman–Crippen MR) is 95.5 cm³/mol. The summed E-state index contributed by atoms with van der Waals surface area (Å²) in [6, 6.07) is 11.6. The van der Waals surface area contributed by atoms with E-state index in [2.05, 4.69) is 5.32 Å². The summed E-state index contributed by atoms with van der Waals surface area (Å²) in [5.41, 5.74) is -0.701. The van der Waals surface area contributed by atoms with Crippen molar-refractivity contribution in [2.24, 2.45) is 0 Å². The highest BCUT2D eigenvalue weighted by molar-refractivity contribution is 5.85. The third kappa shape index (κ3) is 4.61. The van der Waals surface area contributed by atoms with Crippen molar-refractivity contribution in [3.63, 3.8) is 0 Å². The van der Waals surface area contributed by atoms with Crippen LogP contribution in [0.4, 0.5) is 8.78 Å². The lowest BCUT2D eigenvalue weighted by Crippen LogP contribution is -2.48. The highest BCUT2D eigenvalue weighted by Crippen LogP contribution is 2.28. The van der Waals surface area contributed by atoms with Crippen molar-refractivity contribution < 1.29 is 28.2 Å². The fourth-order valence-corrected chi connectivity index (χ4v) is 2.73. The third-order valence-corrected chi connectivity index (χ3v) is 4.48. The van der Waals surface area contributed by atoms with E-state index in [-0.39, 0.29) is 18.7 Å². The Hall–Kier alpha value is -2.96. The van der Waals surface area contributed by atoms with E-state index in [0.29, 0.717) is 5.56 Å². The number of hydrogen-bond acceptors (Lipinski definition) is 3. The number of ether oxygens (including phenoxy) is 1. The zero-order valence-electron chi connectivity index (χ0n) is 15.0. The molecule has 0 aliphatic heterocycles. The molecule has 0 radical (unpaired) electrons. The number of aliphatic carboxylic acids is 1. The summed E-state index contributed by atoms with van der Waals surface area (Å²) in [6.45, 7) is 3.04. The summed E-state index contributed by atoms with van der Waals surface area (Å²) in [5, 5.41) is 12.3. The number of carboxylic acids is 1. The number of carbonyl (C=O) groups excluding carboxylic acids is 1. The SMILES string of the molecule is CCC(CNC(=O)C(C)Oc1ccc(F)c(F)c1)(C(=O)O)c1ccccc1. The summed E-state index contributed by atoms with van der Waals surface area (Å²) in [4.78, 5) is 24.3. The van der Waals surface area contributed by atoms with Gasteiger partial charge in [-0.3, -0.25) is 9.59 Å². The molecule has 1 amide bonds. The molecular formula is C20H21F2NO4. The van der Waals surface area contributed by atoms with Crippen LogP contribution in [0.1, 0.15) is 25.8 Å². The van der Waals surface area contributed by atoms with Gasteiger partial charge in [-0.1, -0.05) is 37.3 Å². The fourth-order valence-electron chi connectivity index (χ4n) is 2.73. The maximum absolute atomic E-state index is 13.2. The molecule has 0 aliphatic rings. The molecule has 0 aromatic heterocycles. The monoisotopic (exact) mass is 377 g/mol. The Morgan fingerprint density at radius 1 is 1.15 bits per heavy atom. The first-order chi connectivity index (χ1) is 12.8. The van der Waals surface area contributed by atoms with E-state index in [1.165, 1.54) is 13.0 Å². The average molecular weight is 377 g/mol. The van der Waals surface area contributed by atoms with Crippen LogP contribution in [0.2, 0.25) is 0 Å². The van der Waals surface area contributed by atoms with Crippen molar-refractivity contribution in [1.82, 2.24) is 5.32 Å². The molecule has 7 heteroatoms. The highest BCUT2D eigenvalue weighted by atomic mass is 19.2. The maximum atomic E-state index is 13.2. The average Bonchev–Trinajstić information content (AvgIpc) is 2.66. The first kappa shape index (κ1) is 20.4. The molecule has 144 valence electrons. The lowest BCUT2D eigenvalue weighted by Gasteiger charge is -2.29. The Labute approximate surface area is 156 Å². The maximum Gasteiger partial charge on any atom is 0.315 e. The lowest BCUT2D eigenvalue weighted by atomic mass is 9.78. The second-order valence-corrected chi connectivity index (χ2v) is 6.16. The number of hydrogen-bond donors (Lipinski definition) is 2. The summed E-state index contributed by atoms with van der Waals surface area (Å²) < 4.78 is 31.5. The van der Waals surface area contributed by atoms with Gasteiger partial charge in [0.15, 0.2) is 17.7 Å². The second kappa shape index (κ2) is 8.62. The van der Waals surface area contributed by atoms with Gasteiger partial charge in [-0.15, -0.1) is 0 Å². The first-order valence-electron chi connectivity index (χ1n) is 8.48. The molecule has 2 unspecified atom stereocenters. The predicted octanol–water partition coefficient (Wildman–Crippen LogP) is 3.28. The van der Waals surface area contributed by atoms with Crippen LogP contribution in [0.3, 0.4) is 0 Å². The number of benzene rings is 2. The molecule has 2 aromatic rings. The summed E-state index contributed by atoms with van der Waals surface area (Å²) in [5.74, 6) is -3.71. The van der Waals surface area contributed by atoms with Crippen molar-refractivity contribution in [3.8, 4) is 5.75 Å². The van der Waals surface area contributed by atoms with Crippen LogP contribution in [0.25, 0.3) is 0 Å². The molecule has 2 rings (SSSR count). The fraction of sp³-hybridized carbons (Fsp3) is 0.300. The van der Waals surface area contributed by atoms with Gasteiger partial charge in [-0.25, -0.2) is 8.78 Å². The number of carboxylic acid groups (broad SMARTS) is 1. The lowest BCUT2D eigenvalue weighted by molar-refractivity contribution is -0.144. The minimum Gasteiger partial charge on any atom is -0.481 e. The van der Waals surface area contributed by atoms with Crippen LogP contribution in [0.5, 0.6) is 5.75 Å². The molecule has 0 saturated carbocycles. The molecule has 5 nitrogen and oxygen atoms in total. The Morgan fingerprint density at radius 2 is 1.81 bits per heavy atom. The van der Waals surface area contributed by atoms with Crippen LogP contribution in [0.15, 0.2) is 48.5 Å². The van der Waals surface area contributed by atoms with Crippen LogP contribution in [-0.2, 0) is 15.0 Å². The van der Waals surface area contributed by atoms with Gasteiger partial charge in [0.05, 0.1) is 0 Å². The van der Waals surface area contributed by atoms with Crippen molar-refractivity contribution in [2.75, 3.05) is 6.54 Å². The molecule has 2 N–H and O–H groups in total. The topological polar surface area (TPSA) is 75.6 Å². The van der Waals surface area contributed by atoms with Gasteiger partial charge in [0.2, 0.25) is 0 Å². The van der Waals surface area contributed by atoms with Gasteiger partial charge in [-0.2, -0.15) is 0 Å². The van der Waals surface area contributed by atoms with Crippen molar-refractivity contribution in [1.29, 1.82) is 0 Å². The minimum atomic E-state index is -1.28. The van der Waals surface area contributed by atoms with Crippen LogP contribution < -0.4 is 10.1 Å². The van der Waals surface area contributed by atoms with Gasteiger partial charge < -0.3 is 15.2 Å². The molecule has 0 fully saturated rings. The number of halogens is 2. The standard InChI is InChI=1S/C20H21F2NO4/c1-3-20(19(25)26,14-7-5-4-6-8-14)12-23-18(24)13(2)27-15-9-10-16(21)17(22)11-15/h4-11,13H,3,12H2,1-2H3,(H,23,24)(H,25,26). The van der Waals surface area contributed by atoms with Crippen LogP contribution >= 0.6 is 0 Å². The number of amides is 1. The van der Waals surface area contributed by atoms with E-state index in [1.54, 1.807) is 37.3 Å². The normalized spacial score (nSPS) is 14.1. The number of nitrogens with one attached hydrogen (secondary N) is 1. The number of rotatable bonds is 8. The Balaban J connectivity index is 2.08. The molecule has 0 saturated heterocycles. The summed E-state index contributed by atoms with van der Waals surface area (Å²) in [6.07, 6.45) is -0.751. The smallest absolute Gasteiger partial charge is 0.315 e. The van der Waals surface area contributed by atoms with Gasteiger partial charge in [0.1, 0.15) is 11.2 Å². The number of carbonyl (C=O) groups is 2. The van der Waals surface area contributed by atoms with E-state index in [0.717, 1.165) is 12.1 Å². The Morgan fingerprint density at radius 3 is 2.37 bits per heavy atom. The van der Waals surface area contributed by atoms with Gasteiger partial charge in [0, 0.05) is 12.6 Å². The van der Waals surface area contributed by atoms with E-state index >= 15 is 0 Å². The second-order valence-electron chi connectivity index (χ2n) is 6.16. The Bertz CT molecular complexity index is 813. The van der Waals surface area contributed by atoms with E-state index < -0.39 is 35.0 Å². The van der Waals surface area contributed by atoms with Gasteiger partial charge >= 0.3 is 5.97 Å². The minimum absolute atomic E-state index is 0.000372. The molecule has 0 aliphatic carbocycles. The molecule has 0 bridgehead atoms. The molecule has 0 spiro atoms. The zero-order valence-corrected chi connectivity index (χ0v) is 15.0. The highest BCUT2D eigenvalue weighted by Gasteiger charge is 2.39. The van der Waals surface area contributed by atoms with Crippen LogP contribution in [-0.4, -0.2) is 29.6 Å². The van der Waals surface area contributed by atoms with Crippen molar-refractivity contribution in [2.45, 2.75) is 31.8 Å². The zero-order chi connectivity index (χ0) is 20.0. The van der Waals surface area contributed by atoms with Gasteiger partial charge in [-0.05, 0) is 31.0 Å². The van der Waals surface area contributed by atoms with Crippen LogP contribution in [0, 0.1) is 11.6 Å². The quantitative estimate of drug-likeness (QED) is 0.740. The van der Waals surface area contributed by atoms with Crippen molar-refractivity contribution in [3.05, 3.63) is 65.7 Å². The molecule has 2 aromatic carbocycles. The summed E-state index contributed by atoms with van der Waals surface area (Å²) in [7, 11) is 0. The van der Waals surface area contributed by atoms with E-state index in [1.807, 2.05) is 0 Å². The Kier molecular flexibility index (Phi) is 6.50. The van der Waals surface area contributed by atoms with E-state index in [4.69, 9.17) is 4.74 Å². The van der Waals surface area contributed by atoms with E-state index in [9.17, 15) is 23.5 Å². The van der Waals surface area contributed by atoms with Crippen molar-refractivity contribution >= 4 is 11.9 Å². The summed E-state index contributed by atoms with van der Waals surface area (Å²) >= 11 is 0. The third-order valence-electron chi connectivity index (χ3n) is 4.48. The molecule has 0 heterocycles. The molecule has 2 atom stereocenters. The van der Waals surface area contributed by atoms with Gasteiger partial charge in [0.25, 0.3) is 5.91 Å².